The average Bonchev–Trinajstić information content (AvgIpc) is 3.34. The molecule has 0 radical (unpaired) electrons. The van der Waals surface area contributed by atoms with Crippen LogP contribution in [0.3, 0.4) is 0 Å². The third-order valence-electron chi connectivity index (χ3n) is 4.37. The van der Waals surface area contributed by atoms with E-state index in [0.29, 0.717) is 16.2 Å². The number of thiazole rings is 1. The molecule has 2 heterocycles. The Morgan fingerprint density at radius 2 is 2.07 bits per heavy atom. The first-order valence-electron chi connectivity index (χ1n) is 8.49. The number of rotatable bonds is 5. The van der Waals surface area contributed by atoms with Crippen molar-refractivity contribution in [3.63, 3.8) is 0 Å². The summed E-state index contributed by atoms with van der Waals surface area (Å²) in [5.41, 5.74) is 2.28. The third-order valence-corrected chi connectivity index (χ3v) is 8.02. The van der Waals surface area contributed by atoms with Crippen LogP contribution in [0.1, 0.15) is 10.4 Å². The fraction of sp³-hybridized carbons (Fsp3) is 0.105. The predicted molar refractivity (Wildman–Crippen MR) is 120 cm³/mol. The van der Waals surface area contributed by atoms with Crippen LogP contribution < -0.4 is 3.71 Å². The molecule has 0 spiro atoms. The largest absolute Gasteiger partial charge is 0.391 e. The van der Waals surface area contributed by atoms with E-state index in [2.05, 4.69) is 22.8 Å². The molecule has 0 atom stereocenters. The maximum atomic E-state index is 13.1. The maximum Gasteiger partial charge on any atom is 0.273 e. The highest BCUT2D eigenvalue weighted by Crippen LogP contribution is 2.40. The van der Waals surface area contributed by atoms with Gasteiger partial charge in [-0.05, 0) is 49.6 Å². The van der Waals surface area contributed by atoms with E-state index in [9.17, 15) is 13.5 Å². The molecular weight excluding hydrogens is 450 g/mol. The fourth-order valence-corrected chi connectivity index (χ4v) is 5.76. The van der Waals surface area contributed by atoms with E-state index in [1.807, 2.05) is 19.1 Å². The Morgan fingerprint density at radius 1 is 1.28 bits per heavy atom. The molecule has 2 aromatic carbocycles. The average molecular weight is 466 g/mol. The number of aromatic nitrogens is 2. The van der Waals surface area contributed by atoms with Gasteiger partial charge in [0.1, 0.15) is 10.7 Å². The Labute approximate surface area is 182 Å². The van der Waals surface area contributed by atoms with Crippen molar-refractivity contribution >= 4 is 62.4 Å². The van der Waals surface area contributed by atoms with Crippen LogP contribution in [0.25, 0.3) is 21.6 Å². The summed E-state index contributed by atoms with van der Waals surface area (Å²) in [4.78, 5) is 8.36. The Hall–Kier alpha value is -2.04. The SMILES string of the molecule is Cc1cccc(S(=O)(=O)N(S)c2c(Cl)ccc3cc(-c4ncc(CO)s4)[nH]c23)c1. The number of halogens is 1. The van der Waals surface area contributed by atoms with Crippen LogP contribution in [0, 0.1) is 6.92 Å². The Kier molecular flexibility index (Phi) is 5.34. The smallest absolute Gasteiger partial charge is 0.273 e. The van der Waals surface area contributed by atoms with Gasteiger partial charge in [-0.25, -0.2) is 17.1 Å². The highest BCUT2D eigenvalue weighted by molar-refractivity contribution is 8.06. The van der Waals surface area contributed by atoms with Gasteiger partial charge in [0.05, 0.1) is 32.6 Å². The van der Waals surface area contributed by atoms with Crippen molar-refractivity contribution in [1.82, 2.24) is 9.97 Å². The number of nitrogens with one attached hydrogen (secondary N) is 1. The van der Waals surface area contributed by atoms with Gasteiger partial charge in [-0.2, -0.15) is 0 Å². The number of nitrogens with zero attached hydrogens (tertiary/aromatic N) is 2. The number of aliphatic hydroxyl groups is 1. The zero-order valence-electron chi connectivity index (χ0n) is 15.1. The first kappa shape index (κ1) is 20.2. The van der Waals surface area contributed by atoms with Crippen molar-refractivity contribution < 1.29 is 13.5 Å². The molecule has 10 heteroatoms. The summed E-state index contributed by atoms with van der Waals surface area (Å²) < 4.78 is 27.2. The molecule has 4 aromatic rings. The molecule has 2 N–H and O–H groups in total. The Morgan fingerprint density at radius 3 is 2.76 bits per heavy atom. The molecule has 0 fully saturated rings. The second-order valence-corrected chi connectivity index (χ2v) is 10.4. The second-order valence-electron chi connectivity index (χ2n) is 6.40. The quantitative estimate of drug-likeness (QED) is 0.370. The number of aryl methyl sites for hydroxylation is 1. The van der Waals surface area contributed by atoms with Crippen LogP contribution in [-0.2, 0) is 16.6 Å². The number of anilines is 1. The van der Waals surface area contributed by atoms with Gasteiger partial charge >= 0.3 is 0 Å². The van der Waals surface area contributed by atoms with Crippen LogP contribution in [0.4, 0.5) is 5.69 Å². The molecule has 6 nitrogen and oxygen atoms in total. The second kappa shape index (κ2) is 7.66. The van der Waals surface area contributed by atoms with Gasteiger partial charge in [0, 0.05) is 11.6 Å². The summed E-state index contributed by atoms with van der Waals surface area (Å²) in [5, 5.41) is 11.0. The van der Waals surface area contributed by atoms with Crippen LogP contribution in [0.5, 0.6) is 0 Å². The summed E-state index contributed by atoms with van der Waals surface area (Å²) in [6.07, 6.45) is 1.60. The summed E-state index contributed by atoms with van der Waals surface area (Å²) in [6, 6.07) is 11.9. The maximum absolute atomic E-state index is 13.1. The number of thiol groups is 1. The standard InChI is InChI=1S/C19H16ClN3O3S3/c1-11-3-2-4-14(7-11)29(25,26)23(27)18-15(20)6-5-12-8-16(22-17(12)18)19-21-9-13(10-24)28-19/h2-9,22,24,27H,10H2,1H3. The minimum Gasteiger partial charge on any atom is -0.391 e. The molecule has 2 aromatic heterocycles. The van der Waals surface area contributed by atoms with E-state index >= 15 is 0 Å². The van der Waals surface area contributed by atoms with Gasteiger partial charge in [-0.15, -0.1) is 11.3 Å². The molecule has 4 rings (SSSR count). The van der Waals surface area contributed by atoms with Gasteiger partial charge in [0.2, 0.25) is 0 Å². The van der Waals surface area contributed by atoms with Crippen LogP contribution in [0.2, 0.25) is 5.02 Å². The predicted octanol–water partition coefficient (Wildman–Crippen LogP) is 4.79. The lowest BCUT2D eigenvalue weighted by atomic mass is 10.2. The van der Waals surface area contributed by atoms with E-state index in [0.717, 1.165) is 19.5 Å². The molecular formula is C19H16ClN3O3S3. The summed E-state index contributed by atoms with van der Waals surface area (Å²) in [7, 11) is -3.94. The van der Waals surface area contributed by atoms with Crippen LogP contribution in [0.15, 0.2) is 53.6 Å². The van der Waals surface area contributed by atoms with E-state index in [4.69, 9.17) is 11.6 Å². The normalized spacial score (nSPS) is 11.9. The van der Waals surface area contributed by atoms with Gasteiger partial charge in [0.15, 0.2) is 0 Å². The Bertz CT molecular complexity index is 1310. The zero-order chi connectivity index (χ0) is 20.8. The molecule has 0 aliphatic carbocycles. The molecule has 0 bridgehead atoms. The Balaban J connectivity index is 1.85. The molecule has 0 aliphatic heterocycles. The van der Waals surface area contributed by atoms with Crippen molar-refractivity contribution in [3.8, 4) is 10.7 Å². The van der Waals surface area contributed by atoms with Crippen LogP contribution >= 0.6 is 35.8 Å². The first-order chi connectivity index (χ1) is 13.8. The number of aliphatic hydroxyl groups excluding tert-OH is 1. The monoisotopic (exact) mass is 465 g/mol. The van der Waals surface area contributed by atoms with E-state index in [-0.39, 0.29) is 22.2 Å². The number of H-pyrrole nitrogens is 1. The van der Waals surface area contributed by atoms with Crippen molar-refractivity contribution in [2.24, 2.45) is 0 Å². The lowest BCUT2D eigenvalue weighted by Crippen LogP contribution is -2.22. The van der Waals surface area contributed by atoms with Gasteiger partial charge in [-0.1, -0.05) is 29.8 Å². The van der Waals surface area contributed by atoms with Crippen molar-refractivity contribution in [2.45, 2.75) is 18.4 Å². The van der Waals surface area contributed by atoms with E-state index < -0.39 is 10.0 Å². The lowest BCUT2D eigenvalue weighted by molar-refractivity contribution is 0.285. The van der Waals surface area contributed by atoms with Gasteiger partial charge < -0.3 is 10.1 Å². The van der Waals surface area contributed by atoms with E-state index in [1.54, 1.807) is 30.5 Å². The number of hydrogen-bond donors (Lipinski definition) is 3. The van der Waals surface area contributed by atoms with E-state index in [1.165, 1.54) is 17.4 Å². The summed E-state index contributed by atoms with van der Waals surface area (Å²) >= 11 is 12.0. The van der Waals surface area contributed by atoms with Crippen molar-refractivity contribution in [1.29, 1.82) is 0 Å². The molecule has 0 saturated carbocycles. The number of hydrogen-bond acceptors (Lipinski definition) is 6. The fourth-order valence-electron chi connectivity index (χ4n) is 2.96. The van der Waals surface area contributed by atoms with Crippen molar-refractivity contribution in [2.75, 3.05) is 3.71 Å². The third kappa shape index (κ3) is 3.64. The first-order valence-corrected chi connectivity index (χ1v) is 11.5. The lowest BCUT2D eigenvalue weighted by Gasteiger charge is -2.20. The summed E-state index contributed by atoms with van der Waals surface area (Å²) in [6.45, 7) is 1.73. The van der Waals surface area contributed by atoms with Gasteiger partial charge in [-0.3, -0.25) is 0 Å². The molecule has 0 aliphatic rings. The number of benzene rings is 2. The van der Waals surface area contributed by atoms with Crippen LogP contribution in [-0.4, -0.2) is 23.5 Å². The molecule has 0 unspecified atom stereocenters. The highest BCUT2D eigenvalue weighted by Gasteiger charge is 2.27. The number of sulfonamides is 1. The highest BCUT2D eigenvalue weighted by atomic mass is 35.5. The molecule has 29 heavy (non-hydrogen) atoms. The van der Waals surface area contributed by atoms with Gasteiger partial charge in [0.25, 0.3) is 10.0 Å². The minimum absolute atomic E-state index is 0.0892. The molecule has 0 saturated heterocycles. The minimum atomic E-state index is -3.94. The molecule has 0 amide bonds. The molecule has 150 valence electrons. The number of aromatic amines is 1. The summed E-state index contributed by atoms with van der Waals surface area (Å²) in [5.74, 6) is 0. The number of fused-ring (bicyclic) bond motifs is 1. The topological polar surface area (TPSA) is 86.3 Å². The van der Waals surface area contributed by atoms with Crippen molar-refractivity contribution in [3.05, 3.63) is 64.1 Å². The zero-order valence-corrected chi connectivity index (χ0v) is 18.4.